The molecule has 8 heteroatoms. The first-order chi connectivity index (χ1) is 12.5. The lowest BCUT2D eigenvalue weighted by Gasteiger charge is -2.16. The Hall–Kier alpha value is -3.00. The summed E-state index contributed by atoms with van der Waals surface area (Å²) in [6.07, 6.45) is 3.55. The maximum absolute atomic E-state index is 12.6. The molecule has 2 aromatic carbocycles. The Labute approximate surface area is 158 Å². The summed E-state index contributed by atoms with van der Waals surface area (Å²) < 4.78 is 2.07. The molecule has 0 radical (unpaired) electrons. The Kier molecular flexibility index (Phi) is 5.13. The smallest absolute Gasteiger partial charge is 0.284 e. The molecule has 26 heavy (non-hydrogen) atoms. The van der Waals surface area contributed by atoms with Gasteiger partial charge < -0.3 is 4.90 Å². The number of benzene rings is 2. The molecule has 0 aliphatic rings. The molecule has 132 valence electrons. The van der Waals surface area contributed by atoms with E-state index < -0.39 is 4.92 Å². The molecule has 0 aliphatic heterocycles. The van der Waals surface area contributed by atoms with Crippen molar-refractivity contribution in [3.63, 3.8) is 0 Å². The summed E-state index contributed by atoms with van der Waals surface area (Å²) in [7, 11) is 1.65. The van der Waals surface area contributed by atoms with E-state index in [4.69, 9.17) is 0 Å². The Morgan fingerprint density at radius 1 is 1.27 bits per heavy atom. The minimum absolute atomic E-state index is 0.138. The Bertz CT molecular complexity index is 956. The predicted octanol–water partition coefficient (Wildman–Crippen LogP) is 3.82. The van der Waals surface area contributed by atoms with Gasteiger partial charge in [-0.2, -0.15) is 5.10 Å². The van der Waals surface area contributed by atoms with Gasteiger partial charge >= 0.3 is 0 Å². The predicted molar refractivity (Wildman–Crippen MR) is 100 cm³/mol. The van der Waals surface area contributed by atoms with Crippen LogP contribution in [0, 0.1) is 10.1 Å². The van der Waals surface area contributed by atoms with Crippen LogP contribution in [0.2, 0.25) is 0 Å². The number of halogens is 1. The number of carbonyl (C=O) groups is 1. The van der Waals surface area contributed by atoms with E-state index in [-0.39, 0.29) is 17.2 Å². The van der Waals surface area contributed by atoms with Crippen LogP contribution >= 0.6 is 15.9 Å². The van der Waals surface area contributed by atoms with Gasteiger partial charge in [0.1, 0.15) is 0 Å². The van der Waals surface area contributed by atoms with Crippen molar-refractivity contribution in [2.45, 2.75) is 6.54 Å². The summed E-state index contributed by atoms with van der Waals surface area (Å²) in [5.41, 5.74) is 1.91. The van der Waals surface area contributed by atoms with Crippen molar-refractivity contribution < 1.29 is 9.72 Å². The second-order valence-electron chi connectivity index (χ2n) is 5.71. The first-order valence-electron chi connectivity index (χ1n) is 7.74. The van der Waals surface area contributed by atoms with Crippen molar-refractivity contribution >= 4 is 27.5 Å². The number of carbonyl (C=O) groups excluding carboxylic acids is 1. The summed E-state index contributed by atoms with van der Waals surface area (Å²) in [6.45, 7) is 0.343. The SMILES string of the molecule is CN(Cc1cnn(-c2ccccc2)c1)C(=O)c1ccc(Br)c([N+](=O)[O-])c1. The number of para-hydroxylation sites is 1. The molecule has 1 aromatic heterocycles. The standard InChI is InChI=1S/C18H15BrN4O3/c1-21(18(24)14-7-8-16(19)17(9-14)23(25)26)11-13-10-20-22(12-13)15-5-3-2-4-6-15/h2-10,12H,11H2,1H3. The molecule has 0 saturated heterocycles. The number of nitrogens with zero attached hydrogens (tertiary/aromatic N) is 4. The summed E-state index contributed by atoms with van der Waals surface area (Å²) in [4.78, 5) is 24.6. The Morgan fingerprint density at radius 3 is 2.69 bits per heavy atom. The summed E-state index contributed by atoms with van der Waals surface area (Å²) in [6, 6.07) is 14.0. The fraction of sp³-hybridized carbons (Fsp3) is 0.111. The van der Waals surface area contributed by atoms with Gasteiger partial charge in [-0.25, -0.2) is 4.68 Å². The largest absolute Gasteiger partial charge is 0.337 e. The maximum Gasteiger partial charge on any atom is 0.284 e. The van der Waals surface area contributed by atoms with Gasteiger partial charge in [0.2, 0.25) is 0 Å². The van der Waals surface area contributed by atoms with Gasteiger partial charge in [-0.05, 0) is 40.2 Å². The lowest BCUT2D eigenvalue weighted by molar-refractivity contribution is -0.385. The lowest BCUT2D eigenvalue weighted by Crippen LogP contribution is -2.26. The summed E-state index contributed by atoms with van der Waals surface area (Å²) in [5.74, 6) is -0.298. The van der Waals surface area contributed by atoms with E-state index in [2.05, 4.69) is 21.0 Å². The monoisotopic (exact) mass is 414 g/mol. The Balaban J connectivity index is 1.75. The van der Waals surface area contributed by atoms with E-state index in [1.807, 2.05) is 36.5 Å². The second kappa shape index (κ2) is 7.49. The average molecular weight is 415 g/mol. The molecule has 3 aromatic rings. The van der Waals surface area contributed by atoms with Crippen LogP contribution in [0.15, 0.2) is 65.4 Å². The van der Waals surface area contributed by atoms with Crippen molar-refractivity contribution in [1.29, 1.82) is 0 Å². The highest BCUT2D eigenvalue weighted by Crippen LogP contribution is 2.26. The van der Waals surface area contributed by atoms with Crippen molar-refractivity contribution in [3.8, 4) is 5.69 Å². The van der Waals surface area contributed by atoms with Gasteiger partial charge in [-0.1, -0.05) is 18.2 Å². The molecule has 0 saturated carbocycles. The summed E-state index contributed by atoms with van der Waals surface area (Å²) in [5, 5.41) is 15.3. The minimum atomic E-state index is -0.523. The van der Waals surface area contributed by atoms with E-state index in [0.717, 1.165) is 11.3 Å². The zero-order valence-corrected chi connectivity index (χ0v) is 15.5. The van der Waals surface area contributed by atoms with Crippen LogP contribution in [-0.4, -0.2) is 32.6 Å². The summed E-state index contributed by atoms with van der Waals surface area (Å²) >= 11 is 3.12. The number of nitro groups is 1. The van der Waals surface area contributed by atoms with E-state index in [9.17, 15) is 14.9 Å². The van der Waals surface area contributed by atoms with Crippen molar-refractivity contribution in [3.05, 3.63) is 86.6 Å². The fourth-order valence-corrected chi connectivity index (χ4v) is 2.91. The lowest BCUT2D eigenvalue weighted by atomic mass is 10.1. The molecule has 0 unspecified atom stereocenters. The van der Waals surface area contributed by atoms with E-state index >= 15 is 0 Å². The number of aromatic nitrogens is 2. The zero-order chi connectivity index (χ0) is 18.7. The number of amides is 1. The highest BCUT2D eigenvalue weighted by atomic mass is 79.9. The highest BCUT2D eigenvalue weighted by Gasteiger charge is 2.19. The third-order valence-electron chi connectivity index (χ3n) is 3.81. The van der Waals surface area contributed by atoms with Crippen LogP contribution < -0.4 is 0 Å². The number of hydrogen-bond acceptors (Lipinski definition) is 4. The molecule has 0 bridgehead atoms. The molecule has 7 nitrogen and oxygen atoms in total. The second-order valence-corrected chi connectivity index (χ2v) is 6.57. The molecule has 0 atom stereocenters. The first-order valence-corrected chi connectivity index (χ1v) is 8.53. The van der Waals surface area contributed by atoms with Crippen LogP contribution in [0.1, 0.15) is 15.9 Å². The molecular weight excluding hydrogens is 400 g/mol. The highest BCUT2D eigenvalue weighted by molar-refractivity contribution is 9.10. The van der Waals surface area contributed by atoms with Crippen molar-refractivity contribution in [2.75, 3.05) is 7.05 Å². The van der Waals surface area contributed by atoms with Crippen LogP contribution in [0.5, 0.6) is 0 Å². The van der Waals surface area contributed by atoms with E-state index in [1.54, 1.807) is 24.0 Å². The van der Waals surface area contributed by atoms with Gasteiger partial charge in [-0.3, -0.25) is 14.9 Å². The van der Waals surface area contributed by atoms with Crippen LogP contribution in [0.25, 0.3) is 5.69 Å². The normalized spacial score (nSPS) is 10.5. The quantitative estimate of drug-likeness (QED) is 0.469. The van der Waals surface area contributed by atoms with E-state index in [1.165, 1.54) is 17.0 Å². The molecule has 3 rings (SSSR count). The average Bonchev–Trinajstić information content (AvgIpc) is 3.10. The van der Waals surface area contributed by atoms with Gasteiger partial charge in [0.25, 0.3) is 11.6 Å². The fourth-order valence-electron chi connectivity index (χ4n) is 2.52. The van der Waals surface area contributed by atoms with Gasteiger partial charge in [0.05, 0.1) is 21.3 Å². The molecule has 1 heterocycles. The van der Waals surface area contributed by atoms with Crippen molar-refractivity contribution in [1.82, 2.24) is 14.7 Å². The number of hydrogen-bond donors (Lipinski definition) is 0. The van der Waals surface area contributed by atoms with Gasteiger partial charge in [0.15, 0.2) is 0 Å². The van der Waals surface area contributed by atoms with Gasteiger partial charge in [-0.15, -0.1) is 0 Å². The zero-order valence-electron chi connectivity index (χ0n) is 13.9. The Morgan fingerprint density at radius 2 is 2.00 bits per heavy atom. The first kappa shape index (κ1) is 17.8. The maximum atomic E-state index is 12.6. The van der Waals surface area contributed by atoms with Gasteiger partial charge in [0, 0.05) is 37.0 Å². The van der Waals surface area contributed by atoms with Crippen LogP contribution in [0.3, 0.4) is 0 Å². The molecule has 0 aliphatic carbocycles. The van der Waals surface area contributed by atoms with E-state index in [0.29, 0.717) is 11.0 Å². The minimum Gasteiger partial charge on any atom is -0.337 e. The van der Waals surface area contributed by atoms with Crippen LogP contribution in [0.4, 0.5) is 5.69 Å². The van der Waals surface area contributed by atoms with Crippen molar-refractivity contribution in [2.24, 2.45) is 0 Å². The number of rotatable bonds is 5. The molecule has 1 amide bonds. The molecule has 0 N–H and O–H groups in total. The topological polar surface area (TPSA) is 81.3 Å². The third-order valence-corrected chi connectivity index (χ3v) is 4.48. The third kappa shape index (κ3) is 3.80. The molecule has 0 spiro atoms. The molecular formula is C18H15BrN4O3. The molecule has 0 fully saturated rings. The van der Waals surface area contributed by atoms with Crippen LogP contribution in [-0.2, 0) is 6.54 Å². The number of nitro benzene ring substituents is 1.